The molecule has 4 heteroatoms. The highest BCUT2D eigenvalue weighted by molar-refractivity contribution is 5.92. The summed E-state index contributed by atoms with van der Waals surface area (Å²) in [4.78, 5) is 19.1. The maximum Gasteiger partial charge on any atom is 0.227 e. The van der Waals surface area contributed by atoms with Gasteiger partial charge in [-0.15, -0.1) is 0 Å². The lowest BCUT2D eigenvalue weighted by molar-refractivity contribution is -0.120. The summed E-state index contributed by atoms with van der Waals surface area (Å²) in [6.07, 6.45) is 10.1. The fourth-order valence-electron chi connectivity index (χ4n) is 3.65. The minimum absolute atomic E-state index is 0.167. The molecule has 1 atom stereocenters. The molecule has 1 aromatic heterocycles. The molecule has 2 fully saturated rings. The SMILES string of the molecule is CC1CCCN(c2ccc(NC(=O)C3CCCCC3)cn2)C1. The number of hydrogen-bond acceptors (Lipinski definition) is 3. The first-order valence-corrected chi connectivity index (χ1v) is 8.74. The molecule has 1 aromatic rings. The molecule has 1 aliphatic heterocycles. The lowest BCUT2D eigenvalue weighted by Gasteiger charge is -2.31. The third kappa shape index (κ3) is 3.79. The van der Waals surface area contributed by atoms with Crippen LogP contribution in [0.5, 0.6) is 0 Å². The predicted octanol–water partition coefficient (Wildman–Crippen LogP) is 3.84. The van der Waals surface area contributed by atoms with E-state index in [4.69, 9.17) is 0 Å². The average molecular weight is 301 g/mol. The maximum atomic E-state index is 12.2. The molecule has 0 bridgehead atoms. The van der Waals surface area contributed by atoms with Crippen molar-refractivity contribution in [1.82, 2.24) is 4.98 Å². The molecule has 22 heavy (non-hydrogen) atoms. The Morgan fingerprint density at radius 1 is 1.18 bits per heavy atom. The predicted molar refractivity (Wildman–Crippen MR) is 90.1 cm³/mol. The lowest BCUT2D eigenvalue weighted by atomic mass is 9.88. The number of anilines is 2. The van der Waals surface area contributed by atoms with Gasteiger partial charge in [0.15, 0.2) is 0 Å². The Labute approximate surface area is 133 Å². The molecular formula is C18H27N3O. The summed E-state index contributed by atoms with van der Waals surface area (Å²) in [7, 11) is 0. The summed E-state index contributed by atoms with van der Waals surface area (Å²) in [6.45, 7) is 4.47. The smallest absolute Gasteiger partial charge is 0.227 e. The van der Waals surface area contributed by atoms with Gasteiger partial charge in [-0.25, -0.2) is 4.98 Å². The van der Waals surface area contributed by atoms with Crippen LogP contribution in [0.3, 0.4) is 0 Å². The monoisotopic (exact) mass is 301 g/mol. The highest BCUT2D eigenvalue weighted by atomic mass is 16.1. The summed E-state index contributed by atoms with van der Waals surface area (Å²) in [5.41, 5.74) is 0.824. The second-order valence-corrected chi connectivity index (χ2v) is 6.92. The van der Waals surface area contributed by atoms with Gasteiger partial charge in [0.05, 0.1) is 11.9 Å². The number of aromatic nitrogens is 1. The van der Waals surface area contributed by atoms with E-state index in [0.29, 0.717) is 0 Å². The first kappa shape index (κ1) is 15.3. The van der Waals surface area contributed by atoms with Gasteiger partial charge in [0.2, 0.25) is 5.91 Å². The van der Waals surface area contributed by atoms with Crippen molar-refractivity contribution in [2.75, 3.05) is 23.3 Å². The van der Waals surface area contributed by atoms with Gasteiger partial charge in [-0.2, -0.15) is 0 Å². The van der Waals surface area contributed by atoms with Gasteiger partial charge in [-0.1, -0.05) is 26.2 Å². The van der Waals surface area contributed by atoms with Crippen LogP contribution < -0.4 is 10.2 Å². The molecule has 2 heterocycles. The van der Waals surface area contributed by atoms with Crippen molar-refractivity contribution in [2.45, 2.75) is 51.9 Å². The zero-order valence-corrected chi connectivity index (χ0v) is 13.6. The van der Waals surface area contributed by atoms with E-state index in [0.717, 1.165) is 43.4 Å². The first-order chi connectivity index (χ1) is 10.7. The van der Waals surface area contributed by atoms with Crippen LogP contribution in [0, 0.1) is 11.8 Å². The third-order valence-corrected chi connectivity index (χ3v) is 4.97. The van der Waals surface area contributed by atoms with E-state index in [2.05, 4.69) is 22.1 Å². The van der Waals surface area contributed by atoms with Crippen molar-refractivity contribution >= 4 is 17.4 Å². The van der Waals surface area contributed by atoms with Gasteiger partial charge in [0.25, 0.3) is 0 Å². The standard InChI is InChI=1S/C18H27N3O/c1-14-6-5-11-21(13-14)17-10-9-16(12-19-17)20-18(22)15-7-3-2-4-8-15/h9-10,12,14-15H,2-8,11,13H2,1H3,(H,20,22). The molecule has 0 aromatic carbocycles. The van der Waals surface area contributed by atoms with Crippen LogP contribution in [0.1, 0.15) is 51.9 Å². The van der Waals surface area contributed by atoms with Gasteiger partial charge in [-0.3, -0.25) is 4.79 Å². The molecule has 2 aliphatic rings. The summed E-state index contributed by atoms with van der Waals surface area (Å²) in [5, 5.41) is 3.03. The number of piperidine rings is 1. The number of pyridine rings is 1. The Hall–Kier alpha value is -1.58. The van der Waals surface area contributed by atoms with E-state index in [-0.39, 0.29) is 11.8 Å². The molecule has 0 spiro atoms. The van der Waals surface area contributed by atoms with E-state index in [9.17, 15) is 4.79 Å². The summed E-state index contributed by atoms with van der Waals surface area (Å²) in [6, 6.07) is 4.02. The fourth-order valence-corrected chi connectivity index (χ4v) is 3.65. The van der Waals surface area contributed by atoms with Gasteiger partial charge >= 0.3 is 0 Å². The maximum absolute atomic E-state index is 12.2. The Morgan fingerprint density at radius 3 is 2.68 bits per heavy atom. The molecule has 120 valence electrons. The Morgan fingerprint density at radius 2 is 2.00 bits per heavy atom. The fraction of sp³-hybridized carbons (Fsp3) is 0.667. The van der Waals surface area contributed by atoms with Crippen molar-refractivity contribution < 1.29 is 4.79 Å². The third-order valence-electron chi connectivity index (χ3n) is 4.97. The van der Waals surface area contributed by atoms with Crippen molar-refractivity contribution in [1.29, 1.82) is 0 Å². The molecule has 1 saturated carbocycles. The number of amides is 1. The topological polar surface area (TPSA) is 45.2 Å². The molecule has 1 aliphatic carbocycles. The second-order valence-electron chi connectivity index (χ2n) is 6.92. The summed E-state index contributed by atoms with van der Waals surface area (Å²) < 4.78 is 0. The molecule has 0 radical (unpaired) electrons. The van der Waals surface area contributed by atoms with Crippen LogP contribution in [0.2, 0.25) is 0 Å². The Kier molecular flexibility index (Phi) is 4.96. The van der Waals surface area contributed by atoms with Crippen molar-refractivity contribution in [2.24, 2.45) is 11.8 Å². The van der Waals surface area contributed by atoms with E-state index in [1.54, 1.807) is 6.20 Å². The van der Waals surface area contributed by atoms with Crippen LogP contribution in [0.4, 0.5) is 11.5 Å². The number of nitrogens with one attached hydrogen (secondary N) is 1. The minimum Gasteiger partial charge on any atom is -0.356 e. The molecular weight excluding hydrogens is 274 g/mol. The van der Waals surface area contributed by atoms with Crippen molar-refractivity contribution in [3.8, 4) is 0 Å². The highest BCUT2D eigenvalue weighted by Gasteiger charge is 2.21. The number of carbonyl (C=O) groups is 1. The lowest BCUT2D eigenvalue weighted by Crippen LogP contribution is -2.34. The van der Waals surface area contributed by atoms with Gasteiger partial charge < -0.3 is 10.2 Å². The molecule has 4 nitrogen and oxygen atoms in total. The quantitative estimate of drug-likeness (QED) is 0.922. The molecule has 1 saturated heterocycles. The summed E-state index contributed by atoms with van der Waals surface area (Å²) >= 11 is 0. The van der Waals surface area contributed by atoms with Crippen LogP contribution in [-0.4, -0.2) is 24.0 Å². The number of nitrogens with zero attached hydrogens (tertiary/aromatic N) is 2. The first-order valence-electron chi connectivity index (χ1n) is 8.74. The van der Waals surface area contributed by atoms with E-state index in [1.165, 1.54) is 32.1 Å². The largest absolute Gasteiger partial charge is 0.356 e. The highest BCUT2D eigenvalue weighted by Crippen LogP contribution is 2.26. The van der Waals surface area contributed by atoms with Crippen LogP contribution >= 0.6 is 0 Å². The van der Waals surface area contributed by atoms with Gasteiger partial charge in [0, 0.05) is 19.0 Å². The van der Waals surface area contributed by atoms with Crippen molar-refractivity contribution in [3.63, 3.8) is 0 Å². The summed E-state index contributed by atoms with van der Waals surface area (Å²) in [5.74, 6) is 2.13. The Bertz CT molecular complexity index is 494. The van der Waals surface area contributed by atoms with Gasteiger partial charge in [0.1, 0.15) is 5.82 Å². The van der Waals surface area contributed by atoms with Crippen molar-refractivity contribution in [3.05, 3.63) is 18.3 Å². The van der Waals surface area contributed by atoms with Gasteiger partial charge in [-0.05, 0) is 43.7 Å². The van der Waals surface area contributed by atoms with E-state index < -0.39 is 0 Å². The zero-order valence-electron chi connectivity index (χ0n) is 13.6. The average Bonchev–Trinajstić information content (AvgIpc) is 2.56. The van der Waals surface area contributed by atoms with Crippen LogP contribution in [0.25, 0.3) is 0 Å². The number of hydrogen-bond donors (Lipinski definition) is 1. The number of carbonyl (C=O) groups excluding carboxylic acids is 1. The Balaban J connectivity index is 1.58. The second kappa shape index (κ2) is 7.12. The zero-order chi connectivity index (χ0) is 15.4. The minimum atomic E-state index is 0.167. The molecule has 3 rings (SSSR count). The molecule has 1 N–H and O–H groups in total. The number of rotatable bonds is 3. The molecule has 1 unspecified atom stereocenters. The van der Waals surface area contributed by atoms with Crippen LogP contribution in [0.15, 0.2) is 18.3 Å². The van der Waals surface area contributed by atoms with Crippen LogP contribution in [-0.2, 0) is 4.79 Å². The van der Waals surface area contributed by atoms with E-state index in [1.807, 2.05) is 12.1 Å². The van der Waals surface area contributed by atoms with E-state index >= 15 is 0 Å². The normalized spacial score (nSPS) is 23.3. The molecule has 1 amide bonds.